The lowest BCUT2D eigenvalue weighted by Gasteiger charge is -2.16. The van der Waals surface area contributed by atoms with E-state index in [2.05, 4.69) is 4.74 Å². The van der Waals surface area contributed by atoms with Crippen molar-refractivity contribution in [2.24, 2.45) is 0 Å². The largest absolute Gasteiger partial charge is 0.573 e. The summed E-state index contributed by atoms with van der Waals surface area (Å²) in [6, 6.07) is 4.62. The summed E-state index contributed by atoms with van der Waals surface area (Å²) in [6.45, 7) is 4.04. The van der Waals surface area contributed by atoms with Crippen molar-refractivity contribution >= 4 is 24.8 Å². The standard InChI is InChI=1S/C11H13ClF3OP/c1-3-17(4-2)8-5-6-9(12)10(7-8)16-11(13,14)15/h5-7H,3-4H2,1-2H3. The van der Waals surface area contributed by atoms with Crippen molar-refractivity contribution in [1.29, 1.82) is 0 Å². The second-order valence-electron chi connectivity index (χ2n) is 3.33. The van der Waals surface area contributed by atoms with Gasteiger partial charge < -0.3 is 4.74 Å². The van der Waals surface area contributed by atoms with E-state index in [0.29, 0.717) is 0 Å². The molecule has 0 N–H and O–H groups in total. The number of hydrogen-bond donors (Lipinski definition) is 0. The molecule has 1 aromatic rings. The van der Waals surface area contributed by atoms with E-state index in [-0.39, 0.29) is 10.8 Å². The summed E-state index contributed by atoms with van der Waals surface area (Å²) < 4.78 is 40.3. The lowest BCUT2D eigenvalue weighted by molar-refractivity contribution is -0.274. The van der Waals surface area contributed by atoms with E-state index in [1.54, 1.807) is 6.07 Å². The van der Waals surface area contributed by atoms with Crippen molar-refractivity contribution in [3.8, 4) is 5.75 Å². The van der Waals surface area contributed by atoms with E-state index in [1.807, 2.05) is 13.8 Å². The molecule has 17 heavy (non-hydrogen) atoms. The van der Waals surface area contributed by atoms with E-state index < -0.39 is 14.3 Å². The van der Waals surface area contributed by atoms with Gasteiger partial charge in [-0.05, 0) is 29.8 Å². The molecule has 1 nitrogen and oxygen atoms in total. The molecule has 0 radical (unpaired) electrons. The molecule has 0 spiro atoms. The molecule has 6 heteroatoms. The molecule has 1 rings (SSSR count). The molecule has 0 fully saturated rings. The molecular weight excluding hydrogens is 272 g/mol. The molecule has 0 saturated heterocycles. The maximum Gasteiger partial charge on any atom is 0.573 e. The van der Waals surface area contributed by atoms with Crippen LogP contribution in [0.25, 0.3) is 0 Å². The third kappa shape index (κ3) is 4.36. The van der Waals surface area contributed by atoms with Crippen LogP contribution in [0.1, 0.15) is 13.8 Å². The van der Waals surface area contributed by atoms with E-state index in [9.17, 15) is 13.2 Å². The second kappa shape index (κ2) is 5.92. The van der Waals surface area contributed by atoms with Gasteiger partial charge in [-0.2, -0.15) is 0 Å². The summed E-state index contributed by atoms with van der Waals surface area (Å²) in [5.74, 6) is -0.314. The van der Waals surface area contributed by atoms with E-state index in [4.69, 9.17) is 11.6 Å². The highest BCUT2D eigenvalue weighted by Crippen LogP contribution is 2.37. The Kier molecular flexibility index (Phi) is 5.08. The molecule has 1 aromatic carbocycles. The molecule has 0 atom stereocenters. The summed E-state index contributed by atoms with van der Waals surface area (Å²) in [7, 11) is -0.427. The number of alkyl halides is 3. The Balaban J connectivity index is 3.01. The lowest BCUT2D eigenvalue weighted by atomic mass is 10.3. The van der Waals surface area contributed by atoms with Crippen LogP contribution in [0.5, 0.6) is 5.75 Å². The third-order valence-electron chi connectivity index (χ3n) is 2.27. The van der Waals surface area contributed by atoms with Crippen molar-refractivity contribution in [3.05, 3.63) is 23.2 Å². The Bertz CT molecular complexity index is 377. The van der Waals surface area contributed by atoms with Gasteiger partial charge in [0.25, 0.3) is 0 Å². The lowest BCUT2D eigenvalue weighted by Crippen LogP contribution is -2.18. The molecule has 0 aliphatic rings. The van der Waals surface area contributed by atoms with Crippen molar-refractivity contribution in [2.75, 3.05) is 12.3 Å². The zero-order valence-electron chi connectivity index (χ0n) is 9.51. The molecule has 0 aliphatic heterocycles. The minimum atomic E-state index is -4.70. The van der Waals surface area contributed by atoms with E-state index in [0.717, 1.165) is 17.6 Å². The molecular formula is C11H13ClF3OP. The van der Waals surface area contributed by atoms with Gasteiger partial charge in [0.2, 0.25) is 0 Å². The summed E-state index contributed by atoms with van der Waals surface area (Å²) >= 11 is 5.68. The van der Waals surface area contributed by atoms with Crippen LogP contribution in [-0.4, -0.2) is 18.7 Å². The molecule has 0 aliphatic carbocycles. The van der Waals surface area contributed by atoms with Crippen LogP contribution in [0.3, 0.4) is 0 Å². The smallest absolute Gasteiger partial charge is 0.404 e. The third-order valence-corrected chi connectivity index (χ3v) is 5.12. The van der Waals surface area contributed by atoms with Gasteiger partial charge >= 0.3 is 6.36 Å². The van der Waals surface area contributed by atoms with Crippen LogP contribution in [0.15, 0.2) is 18.2 Å². The summed E-state index contributed by atoms with van der Waals surface area (Å²) in [4.78, 5) is 0. The predicted octanol–water partition coefficient (Wildman–Crippen LogP) is 4.39. The average molecular weight is 285 g/mol. The van der Waals surface area contributed by atoms with Gasteiger partial charge in [0.15, 0.2) is 0 Å². The van der Waals surface area contributed by atoms with E-state index in [1.165, 1.54) is 12.1 Å². The predicted molar refractivity (Wildman–Crippen MR) is 65.8 cm³/mol. The van der Waals surface area contributed by atoms with Crippen LogP contribution in [0.2, 0.25) is 5.02 Å². The zero-order chi connectivity index (χ0) is 13.1. The van der Waals surface area contributed by atoms with Gasteiger partial charge in [0.1, 0.15) is 5.75 Å². The normalized spacial score (nSPS) is 11.9. The first kappa shape index (κ1) is 14.6. The maximum absolute atomic E-state index is 12.1. The first-order valence-corrected chi connectivity index (χ1v) is 7.26. The highest BCUT2D eigenvalue weighted by Gasteiger charge is 2.32. The Morgan fingerprint density at radius 1 is 1.24 bits per heavy atom. The van der Waals surface area contributed by atoms with Gasteiger partial charge in [0.05, 0.1) is 5.02 Å². The number of halogens is 4. The number of rotatable bonds is 4. The van der Waals surface area contributed by atoms with Crippen molar-refractivity contribution < 1.29 is 17.9 Å². The van der Waals surface area contributed by atoms with Crippen LogP contribution < -0.4 is 10.0 Å². The average Bonchev–Trinajstić information content (AvgIpc) is 2.22. The molecule has 0 heterocycles. The molecule has 96 valence electrons. The Labute approximate surface area is 105 Å². The number of benzene rings is 1. The highest BCUT2D eigenvalue weighted by atomic mass is 35.5. The van der Waals surface area contributed by atoms with E-state index >= 15 is 0 Å². The molecule has 0 saturated carbocycles. The topological polar surface area (TPSA) is 9.23 Å². The molecule has 0 amide bonds. The quantitative estimate of drug-likeness (QED) is 0.745. The monoisotopic (exact) mass is 284 g/mol. The summed E-state index contributed by atoms with van der Waals surface area (Å²) in [5.41, 5.74) is 0. The highest BCUT2D eigenvalue weighted by molar-refractivity contribution is 7.65. The first-order chi connectivity index (χ1) is 7.87. The SMILES string of the molecule is CCP(CC)c1ccc(Cl)c(OC(F)(F)F)c1. The van der Waals surface area contributed by atoms with Crippen LogP contribution in [-0.2, 0) is 0 Å². The second-order valence-corrected chi connectivity index (χ2v) is 6.60. The number of ether oxygens (including phenoxy) is 1. The Morgan fingerprint density at radius 3 is 2.29 bits per heavy atom. The fraction of sp³-hybridized carbons (Fsp3) is 0.455. The fourth-order valence-corrected chi connectivity index (χ4v) is 3.40. The molecule has 0 bridgehead atoms. The Morgan fingerprint density at radius 2 is 1.82 bits per heavy atom. The minimum Gasteiger partial charge on any atom is -0.404 e. The van der Waals surface area contributed by atoms with Crippen LogP contribution in [0, 0.1) is 0 Å². The van der Waals surface area contributed by atoms with Gasteiger partial charge in [-0.25, -0.2) is 0 Å². The fourth-order valence-electron chi connectivity index (χ4n) is 1.48. The number of hydrogen-bond acceptors (Lipinski definition) is 1. The minimum absolute atomic E-state index is 0.0202. The Hall–Kier alpha value is -0.470. The van der Waals surface area contributed by atoms with Gasteiger partial charge in [0, 0.05) is 0 Å². The van der Waals surface area contributed by atoms with Crippen LogP contribution >= 0.6 is 19.5 Å². The summed E-state index contributed by atoms with van der Waals surface area (Å²) in [5, 5.41) is 0.863. The molecule has 0 unspecified atom stereocenters. The van der Waals surface area contributed by atoms with Gasteiger partial charge in [-0.1, -0.05) is 39.4 Å². The van der Waals surface area contributed by atoms with Gasteiger partial charge in [-0.3, -0.25) is 0 Å². The summed E-state index contributed by atoms with van der Waals surface area (Å²) in [6.07, 6.45) is -2.85. The van der Waals surface area contributed by atoms with Crippen molar-refractivity contribution in [2.45, 2.75) is 20.2 Å². The maximum atomic E-state index is 12.1. The van der Waals surface area contributed by atoms with Gasteiger partial charge in [-0.15, -0.1) is 13.2 Å². The van der Waals surface area contributed by atoms with Crippen molar-refractivity contribution in [1.82, 2.24) is 0 Å². The molecule has 0 aromatic heterocycles. The van der Waals surface area contributed by atoms with Crippen LogP contribution in [0.4, 0.5) is 13.2 Å². The first-order valence-electron chi connectivity index (χ1n) is 5.17. The van der Waals surface area contributed by atoms with Crippen molar-refractivity contribution in [3.63, 3.8) is 0 Å². The zero-order valence-corrected chi connectivity index (χ0v) is 11.2.